The van der Waals surface area contributed by atoms with Crippen molar-refractivity contribution in [1.29, 1.82) is 0 Å². The normalized spacial score (nSPS) is 11.2. The maximum atomic E-state index is 13.1. The van der Waals surface area contributed by atoms with Crippen LogP contribution in [-0.4, -0.2) is 44.3 Å². The first-order chi connectivity index (χ1) is 20.8. The summed E-state index contributed by atoms with van der Waals surface area (Å²) < 4.78 is 1.45. The summed E-state index contributed by atoms with van der Waals surface area (Å²) in [5.41, 5.74) is 11.1. The Morgan fingerprint density at radius 3 is 2.43 bits per heavy atom. The van der Waals surface area contributed by atoms with Gasteiger partial charge in [0.05, 0.1) is 16.8 Å². The third-order valence-corrected chi connectivity index (χ3v) is 7.43. The maximum absolute atomic E-state index is 13.1. The Balaban J connectivity index is 1.60. The fraction of sp³-hybridized carbons (Fsp3) is 0.324. The smallest absolute Gasteiger partial charge is 0.293 e. The number of nitrogen functional groups attached to an aromatic ring is 1. The minimum absolute atomic E-state index is 0.100. The summed E-state index contributed by atoms with van der Waals surface area (Å²) in [5.74, 6) is -0.302. The summed E-state index contributed by atoms with van der Waals surface area (Å²) >= 11 is 0. The first-order valence-corrected chi connectivity index (χ1v) is 14.7. The Bertz CT molecular complexity index is 1740. The molecule has 2 aromatic heterocycles. The molecule has 0 saturated carbocycles. The Morgan fingerprint density at radius 2 is 1.82 bits per heavy atom. The van der Waals surface area contributed by atoms with E-state index in [0.717, 1.165) is 23.2 Å². The van der Waals surface area contributed by atoms with Gasteiger partial charge in [0.1, 0.15) is 0 Å². The van der Waals surface area contributed by atoms with Crippen LogP contribution >= 0.6 is 0 Å². The molecule has 4 N–H and O–H groups in total. The number of aromatic nitrogens is 3. The molecule has 44 heavy (non-hydrogen) atoms. The number of hydrogen-bond donors (Lipinski definition) is 3. The Labute approximate surface area is 258 Å². The molecule has 0 saturated heterocycles. The quantitative estimate of drug-likeness (QED) is 0.205. The molecule has 0 aliphatic carbocycles. The van der Waals surface area contributed by atoms with Gasteiger partial charge < -0.3 is 25.8 Å². The molecule has 0 aliphatic heterocycles. The molecule has 4 aromatic rings. The number of carbonyl (C=O) groups is 2. The number of nitrogens with two attached hydrogens (primary N) is 1. The molecule has 0 spiro atoms. The van der Waals surface area contributed by atoms with E-state index in [1.807, 2.05) is 45.0 Å². The number of anilines is 4. The van der Waals surface area contributed by atoms with Crippen molar-refractivity contribution in [3.05, 3.63) is 93.7 Å². The van der Waals surface area contributed by atoms with Gasteiger partial charge in [-0.3, -0.25) is 19.4 Å². The van der Waals surface area contributed by atoms with Crippen LogP contribution in [-0.2, 0) is 12.5 Å². The minimum Gasteiger partial charge on any atom is -0.398 e. The fourth-order valence-electron chi connectivity index (χ4n) is 4.85. The van der Waals surface area contributed by atoms with E-state index in [9.17, 15) is 14.4 Å². The monoisotopic (exact) mass is 595 g/mol. The number of amides is 2. The summed E-state index contributed by atoms with van der Waals surface area (Å²) in [6.07, 6.45) is 4.09. The van der Waals surface area contributed by atoms with Crippen molar-refractivity contribution in [2.75, 3.05) is 29.5 Å². The Kier molecular flexibility index (Phi) is 9.52. The third kappa shape index (κ3) is 6.96. The van der Waals surface area contributed by atoms with E-state index < -0.39 is 0 Å². The number of nitrogens with zero attached hydrogens (tertiary/aromatic N) is 4. The van der Waals surface area contributed by atoms with Gasteiger partial charge in [-0.15, -0.1) is 0 Å². The lowest BCUT2D eigenvalue weighted by Crippen LogP contribution is -2.32. The summed E-state index contributed by atoms with van der Waals surface area (Å²) in [5, 5.41) is 6.06. The largest absolute Gasteiger partial charge is 0.398 e. The second-order valence-corrected chi connectivity index (χ2v) is 11.8. The molecular weight excluding hydrogens is 554 g/mol. The van der Waals surface area contributed by atoms with E-state index in [2.05, 4.69) is 41.4 Å². The van der Waals surface area contributed by atoms with Crippen molar-refractivity contribution in [2.24, 2.45) is 7.05 Å². The van der Waals surface area contributed by atoms with Crippen LogP contribution in [0, 0.1) is 6.92 Å². The van der Waals surface area contributed by atoms with Gasteiger partial charge in [-0.1, -0.05) is 39.8 Å². The van der Waals surface area contributed by atoms with Crippen LogP contribution in [0.25, 0.3) is 11.3 Å². The topological polar surface area (TPSA) is 135 Å². The molecule has 10 heteroatoms. The van der Waals surface area contributed by atoms with E-state index >= 15 is 0 Å². The third-order valence-electron chi connectivity index (χ3n) is 7.43. The SMILES string of the molecule is CCCN(CC)C(=O)c1ccc(Nc2nc(-c3cccc(NC(=O)c4ccc(C(C)(C)C)nc4)c3C)cn(C)c2=O)cc1N. The van der Waals surface area contributed by atoms with E-state index in [1.165, 1.54) is 4.57 Å². The van der Waals surface area contributed by atoms with Crippen molar-refractivity contribution in [2.45, 2.75) is 53.4 Å². The van der Waals surface area contributed by atoms with Crippen LogP contribution in [0.5, 0.6) is 0 Å². The minimum atomic E-state index is -0.333. The van der Waals surface area contributed by atoms with E-state index in [0.29, 0.717) is 47.0 Å². The second-order valence-electron chi connectivity index (χ2n) is 11.8. The molecule has 0 bridgehead atoms. The number of benzene rings is 2. The summed E-state index contributed by atoms with van der Waals surface area (Å²) in [7, 11) is 1.65. The molecule has 2 amide bonds. The number of carbonyl (C=O) groups excluding carboxylic acids is 2. The zero-order valence-corrected chi connectivity index (χ0v) is 26.5. The Hall–Kier alpha value is -4.99. The zero-order chi connectivity index (χ0) is 32.2. The van der Waals surface area contributed by atoms with Crippen LogP contribution in [0.4, 0.5) is 22.9 Å². The van der Waals surface area contributed by atoms with Crippen LogP contribution in [0.2, 0.25) is 0 Å². The number of rotatable bonds is 9. The van der Waals surface area contributed by atoms with Crippen LogP contribution in [0.3, 0.4) is 0 Å². The molecule has 0 aliphatic rings. The maximum Gasteiger partial charge on any atom is 0.293 e. The van der Waals surface area contributed by atoms with Gasteiger partial charge >= 0.3 is 0 Å². The molecule has 2 aromatic carbocycles. The van der Waals surface area contributed by atoms with Crippen molar-refractivity contribution in [3.8, 4) is 11.3 Å². The highest BCUT2D eigenvalue weighted by atomic mass is 16.2. The predicted molar refractivity (Wildman–Crippen MR) is 177 cm³/mol. The van der Waals surface area contributed by atoms with Gasteiger partial charge in [-0.2, -0.15) is 0 Å². The number of pyridine rings is 1. The average Bonchev–Trinajstić information content (AvgIpc) is 2.98. The van der Waals surface area contributed by atoms with E-state index in [-0.39, 0.29) is 28.6 Å². The predicted octanol–water partition coefficient (Wildman–Crippen LogP) is 5.90. The van der Waals surface area contributed by atoms with E-state index in [1.54, 1.807) is 48.6 Å². The lowest BCUT2D eigenvalue weighted by molar-refractivity contribution is 0.0765. The first-order valence-electron chi connectivity index (χ1n) is 14.7. The van der Waals surface area contributed by atoms with Crippen LogP contribution < -0.4 is 21.9 Å². The Morgan fingerprint density at radius 1 is 1.07 bits per heavy atom. The number of aryl methyl sites for hydroxylation is 1. The lowest BCUT2D eigenvalue weighted by atomic mass is 9.91. The summed E-state index contributed by atoms with van der Waals surface area (Å²) in [4.78, 5) is 49.9. The number of hydrogen-bond acceptors (Lipinski definition) is 7. The van der Waals surface area contributed by atoms with Crippen LogP contribution in [0.15, 0.2) is 65.7 Å². The van der Waals surface area contributed by atoms with Crippen molar-refractivity contribution >= 4 is 34.7 Å². The lowest BCUT2D eigenvalue weighted by Gasteiger charge is -2.21. The standard InChI is InChI=1S/C34H41N7O3/c1-8-17-41(9-2)32(43)25-15-14-23(18-26(25)35)37-30-33(44)40(7)20-28(38-30)24-11-10-12-27(21(24)3)39-31(42)22-13-16-29(36-19-22)34(4,5)6/h10-16,18-20H,8-9,17,35H2,1-7H3,(H,37,38)(H,39,42). The summed E-state index contributed by atoms with van der Waals surface area (Å²) in [6.45, 7) is 13.3. The fourth-order valence-corrected chi connectivity index (χ4v) is 4.85. The molecule has 0 unspecified atom stereocenters. The molecule has 0 atom stereocenters. The molecule has 0 fully saturated rings. The van der Waals surface area contributed by atoms with Gasteiger partial charge in [0.2, 0.25) is 0 Å². The van der Waals surface area contributed by atoms with Crippen molar-refractivity contribution < 1.29 is 9.59 Å². The van der Waals surface area contributed by atoms with Crippen LogP contribution in [0.1, 0.15) is 73.0 Å². The number of nitrogens with one attached hydrogen (secondary N) is 2. The second kappa shape index (κ2) is 13.1. The van der Waals surface area contributed by atoms with Crippen molar-refractivity contribution in [1.82, 2.24) is 19.4 Å². The molecular formula is C34H41N7O3. The first kappa shape index (κ1) is 31.9. The van der Waals surface area contributed by atoms with E-state index in [4.69, 9.17) is 5.73 Å². The van der Waals surface area contributed by atoms with Gasteiger partial charge in [0.15, 0.2) is 5.82 Å². The van der Waals surface area contributed by atoms with Gasteiger partial charge in [0.25, 0.3) is 17.4 Å². The highest BCUT2D eigenvalue weighted by Crippen LogP contribution is 2.29. The molecule has 230 valence electrons. The highest BCUT2D eigenvalue weighted by molar-refractivity contribution is 6.05. The molecule has 4 rings (SSSR count). The molecule has 2 heterocycles. The average molecular weight is 596 g/mol. The van der Waals surface area contributed by atoms with Gasteiger partial charge in [-0.25, -0.2) is 4.98 Å². The molecule has 0 radical (unpaired) electrons. The molecule has 10 nitrogen and oxygen atoms in total. The summed E-state index contributed by atoms with van der Waals surface area (Å²) in [6, 6.07) is 14.2. The van der Waals surface area contributed by atoms with Crippen molar-refractivity contribution in [3.63, 3.8) is 0 Å². The highest BCUT2D eigenvalue weighted by Gasteiger charge is 2.19. The van der Waals surface area contributed by atoms with Gasteiger partial charge in [0, 0.05) is 66.3 Å². The van der Waals surface area contributed by atoms with Gasteiger partial charge in [-0.05, 0) is 62.2 Å². The zero-order valence-electron chi connectivity index (χ0n) is 26.5.